The van der Waals surface area contributed by atoms with Crippen LogP contribution in [0.15, 0.2) is 77.6 Å². The minimum absolute atomic E-state index is 0.115. The molecule has 0 radical (unpaired) electrons. The lowest BCUT2D eigenvalue weighted by Gasteiger charge is -2.30. The minimum atomic E-state index is -0.128. The van der Waals surface area contributed by atoms with Crippen molar-refractivity contribution in [2.75, 3.05) is 13.2 Å². The molecule has 9 heteroatoms. The summed E-state index contributed by atoms with van der Waals surface area (Å²) in [6.07, 6.45) is 0.769. The average molecular weight is 537 g/mol. The summed E-state index contributed by atoms with van der Waals surface area (Å²) in [7, 11) is 0. The molecule has 3 heterocycles. The van der Waals surface area contributed by atoms with Crippen LogP contribution in [0.25, 0.3) is 10.9 Å². The molecule has 5 aromatic rings. The van der Waals surface area contributed by atoms with Crippen molar-refractivity contribution in [1.82, 2.24) is 30.1 Å². The fraction of sp³-hybridized carbons (Fsp3) is 0.290. The zero-order valence-corrected chi connectivity index (χ0v) is 22.7. The molecule has 1 unspecified atom stereocenters. The number of aromatic nitrogens is 5. The van der Waals surface area contributed by atoms with Crippen LogP contribution in [0.5, 0.6) is 11.5 Å². The second kappa shape index (κ2) is 11.3. The number of pyridine rings is 1. The number of ether oxygens (including phenoxy) is 2. The molecule has 2 aromatic heterocycles. The number of hydrogen-bond acceptors (Lipinski definition) is 7. The number of tetrazole rings is 1. The molecule has 6 rings (SSSR count). The third-order valence-corrected chi connectivity index (χ3v) is 7.32. The van der Waals surface area contributed by atoms with E-state index in [4.69, 9.17) is 9.47 Å². The fourth-order valence-electron chi connectivity index (χ4n) is 5.25. The third-order valence-electron chi connectivity index (χ3n) is 7.32. The first kappa shape index (κ1) is 25.8. The molecule has 3 aromatic carbocycles. The molecule has 204 valence electrons. The van der Waals surface area contributed by atoms with E-state index in [9.17, 15) is 4.79 Å². The largest absolute Gasteiger partial charge is 0.486 e. The Morgan fingerprint density at radius 3 is 2.45 bits per heavy atom. The lowest BCUT2D eigenvalue weighted by molar-refractivity contribution is 0.161. The van der Waals surface area contributed by atoms with Gasteiger partial charge in [0.1, 0.15) is 13.2 Å². The van der Waals surface area contributed by atoms with Crippen LogP contribution in [0, 0.1) is 6.92 Å². The van der Waals surface area contributed by atoms with Gasteiger partial charge in [0.2, 0.25) is 0 Å². The second-order valence-electron chi connectivity index (χ2n) is 10.2. The summed E-state index contributed by atoms with van der Waals surface area (Å²) in [5, 5.41) is 13.7. The van der Waals surface area contributed by atoms with Gasteiger partial charge in [0.15, 0.2) is 17.3 Å². The van der Waals surface area contributed by atoms with Crippen molar-refractivity contribution in [3.05, 3.63) is 111 Å². The van der Waals surface area contributed by atoms with E-state index in [0.717, 1.165) is 34.3 Å². The highest BCUT2D eigenvalue weighted by Gasteiger charge is 2.26. The molecular weight excluding hydrogens is 504 g/mol. The summed E-state index contributed by atoms with van der Waals surface area (Å²) < 4.78 is 13.4. The Hall–Kier alpha value is -4.50. The number of rotatable bonds is 9. The number of fused-ring (bicyclic) bond motifs is 2. The van der Waals surface area contributed by atoms with Crippen LogP contribution in [0.1, 0.15) is 47.5 Å². The van der Waals surface area contributed by atoms with Gasteiger partial charge in [-0.05, 0) is 47.0 Å². The highest BCUT2D eigenvalue weighted by Crippen LogP contribution is 2.34. The Bertz CT molecular complexity index is 1660. The van der Waals surface area contributed by atoms with Crippen molar-refractivity contribution in [2.45, 2.75) is 45.9 Å². The molecule has 1 atom stereocenters. The van der Waals surface area contributed by atoms with Crippen LogP contribution < -0.4 is 15.0 Å². The van der Waals surface area contributed by atoms with Gasteiger partial charge >= 0.3 is 0 Å². The van der Waals surface area contributed by atoms with Crippen molar-refractivity contribution in [2.24, 2.45) is 0 Å². The molecule has 0 bridgehead atoms. The highest BCUT2D eigenvalue weighted by molar-refractivity contribution is 5.83. The van der Waals surface area contributed by atoms with E-state index in [1.807, 2.05) is 41.1 Å². The summed E-state index contributed by atoms with van der Waals surface area (Å²) >= 11 is 0. The zero-order chi connectivity index (χ0) is 27.5. The average Bonchev–Trinajstić information content (AvgIpc) is 3.42. The van der Waals surface area contributed by atoms with Gasteiger partial charge in [-0.1, -0.05) is 67.1 Å². The summed E-state index contributed by atoms with van der Waals surface area (Å²) in [6.45, 7) is 6.84. The van der Waals surface area contributed by atoms with Gasteiger partial charge in [-0.15, -0.1) is 5.10 Å². The predicted octanol–water partition coefficient (Wildman–Crippen LogP) is 4.80. The van der Waals surface area contributed by atoms with Gasteiger partial charge in [-0.25, -0.2) is 4.68 Å². The van der Waals surface area contributed by atoms with Crippen LogP contribution >= 0.6 is 0 Å². The Morgan fingerprint density at radius 1 is 0.950 bits per heavy atom. The SMILES string of the molecule is CCC(c1nnnn1Cc1ccccc1)N(Cc1ccc(C)cc1)Cc1cc2cc3c(cc2[nH]c1=O)OCCO3. The standard InChI is InChI=1S/C31H32N6O3/c1-3-27(30-33-34-35-37(30)19-22-7-5-4-6-8-22)36(18-23-11-9-21(2)10-12-23)20-25-15-24-16-28-29(40-14-13-39-28)17-26(24)32-31(25)38/h4-12,15-17,27H,3,13-14,18-20H2,1-2H3,(H,32,38). The Morgan fingerprint density at radius 2 is 1.70 bits per heavy atom. The van der Waals surface area contributed by atoms with E-state index in [1.165, 1.54) is 5.56 Å². The van der Waals surface area contributed by atoms with Gasteiger partial charge in [0.25, 0.3) is 5.56 Å². The Labute approximate surface area is 232 Å². The van der Waals surface area contributed by atoms with Crippen molar-refractivity contribution < 1.29 is 9.47 Å². The predicted molar refractivity (Wildman–Crippen MR) is 152 cm³/mol. The third kappa shape index (κ3) is 5.46. The highest BCUT2D eigenvalue weighted by atomic mass is 16.6. The molecule has 9 nitrogen and oxygen atoms in total. The number of aromatic amines is 1. The van der Waals surface area contributed by atoms with Crippen molar-refractivity contribution in [3.63, 3.8) is 0 Å². The van der Waals surface area contributed by atoms with Crippen molar-refractivity contribution >= 4 is 10.9 Å². The maximum absolute atomic E-state index is 13.3. The van der Waals surface area contributed by atoms with E-state index >= 15 is 0 Å². The van der Waals surface area contributed by atoms with E-state index in [-0.39, 0.29) is 11.6 Å². The molecule has 0 spiro atoms. The van der Waals surface area contributed by atoms with Crippen LogP contribution in [0.4, 0.5) is 0 Å². The fourth-order valence-corrected chi connectivity index (χ4v) is 5.25. The Balaban J connectivity index is 1.37. The van der Waals surface area contributed by atoms with Crippen LogP contribution in [0.3, 0.4) is 0 Å². The summed E-state index contributed by atoms with van der Waals surface area (Å²) in [6, 6.07) is 24.3. The first-order chi connectivity index (χ1) is 19.6. The van der Waals surface area contributed by atoms with E-state index in [2.05, 4.69) is 75.7 Å². The summed E-state index contributed by atoms with van der Waals surface area (Å²) in [5.74, 6) is 2.12. The molecule has 0 saturated carbocycles. The first-order valence-corrected chi connectivity index (χ1v) is 13.6. The van der Waals surface area contributed by atoms with Crippen LogP contribution in [-0.2, 0) is 19.6 Å². The molecule has 1 N–H and O–H groups in total. The Kier molecular flexibility index (Phi) is 7.29. The van der Waals surface area contributed by atoms with Crippen molar-refractivity contribution in [3.8, 4) is 11.5 Å². The van der Waals surface area contributed by atoms with Gasteiger partial charge < -0.3 is 14.5 Å². The lowest BCUT2D eigenvalue weighted by Crippen LogP contribution is -2.32. The zero-order valence-electron chi connectivity index (χ0n) is 22.7. The number of hydrogen-bond donors (Lipinski definition) is 1. The molecule has 1 aliphatic rings. The molecule has 1 aliphatic heterocycles. The van der Waals surface area contributed by atoms with E-state index < -0.39 is 0 Å². The molecule has 40 heavy (non-hydrogen) atoms. The van der Waals surface area contributed by atoms with Gasteiger partial charge in [0, 0.05) is 30.1 Å². The van der Waals surface area contributed by atoms with Crippen molar-refractivity contribution in [1.29, 1.82) is 0 Å². The number of nitrogens with one attached hydrogen (secondary N) is 1. The van der Waals surface area contributed by atoms with Gasteiger partial charge in [-0.3, -0.25) is 9.69 Å². The normalized spacial score (nSPS) is 13.6. The number of nitrogens with zero attached hydrogens (tertiary/aromatic N) is 5. The van der Waals surface area contributed by atoms with Crippen LogP contribution in [0.2, 0.25) is 0 Å². The second-order valence-corrected chi connectivity index (χ2v) is 10.2. The van der Waals surface area contributed by atoms with E-state index in [0.29, 0.717) is 49.9 Å². The minimum Gasteiger partial charge on any atom is -0.486 e. The lowest BCUT2D eigenvalue weighted by atomic mass is 10.1. The quantitative estimate of drug-likeness (QED) is 0.289. The molecule has 0 fully saturated rings. The first-order valence-electron chi connectivity index (χ1n) is 13.6. The molecule has 0 aliphatic carbocycles. The van der Waals surface area contributed by atoms with Crippen LogP contribution in [-0.4, -0.2) is 43.3 Å². The monoisotopic (exact) mass is 536 g/mol. The van der Waals surface area contributed by atoms with E-state index in [1.54, 1.807) is 0 Å². The maximum atomic E-state index is 13.3. The molecule has 0 saturated heterocycles. The number of benzene rings is 3. The van der Waals surface area contributed by atoms with Gasteiger partial charge in [0.05, 0.1) is 18.1 Å². The number of aryl methyl sites for hydroxylation is 1. The topological polar surface area (TPSA) is 98.2 Å². The maximum Gasteiger partial charge on any atom is 0.252 e. The summed E-state index contributed by atoms with van der Waals surface area (Å²) in [4.78, 5) is 18.7. The molecular formula is C31H32N6O3. The summed E-state index contributed by atoms with van der Waals surface area (Å²) in [5.41, 5.74) is 4.74. The smallest absolute Gasteiger partial charge is 0.252 e. The molecule has 0 amide bonds. The van der Waals surface area contributed by atoms with Gasteiger partial charge in [-0.2, -0.15) is 0 Å². The number of H-pyrrole nitrogens is 1.